The van der Waals surface area contributed by atoms with E-state index in [-0.39, 0.29) is 5.91 Å². The van der Waals surface area contributed by atoms with E-state index in [2.05, 4.69) is 52.1 Å². The van der Waals surface area contributed by atoms with Crippen molar-refractivity contribution in [3.8, 4) is 0 Å². The van der Waals surface area contributed by atoms with Crippen LogP contribution in [0.5, 0.6) is 0 Å². The number of aliphatic imine (C=N–C) groups is 1. The lowest BCUT2D eigenvalue weighted by Crippen LogP contribution is -2.38. The molecule has 5 nitrogen and oxygen atoms in total. The molecule has 0 radical (unpaired) electrons. The second kappa shape index (κ2) is 9.47. The zero-order valence-electron chi connectivity index (χ0n) is 15.0. The van der Waals surface area contributed by atoms with Crippen LogP contribution in [-0.2, 0) is 6.54 Å². The molecule has 0 saturated heterocycles. The first kappa shape index (κ1) is 18.5. The van der Waals surface area contributed by atoms with E-state index in [0.29, 0.717) is 18.0 Å². The van der Waals surface area contributed by atoms with Gasteiger partial charge in [0.25, 0.3) is 5.91 Å². The summed E-state index contributed by atoms with van der Waals surface area (Å²) >= 11 is 0. The van der Waals surface area contributed by atoms with Gasteiger partial charge in [0.1, 0.15) is 0 Å². The summed E-state index contributed by atoms with van der Waals surface area (Å²) in [4.78, 5) is 15.8. The molecule has 0 heterocycles. The number of amides is 1. The van der Waals surface area contributed by atoms with Crippen LogP contribution < -0.4 is 16.0 Å². The van der Waals surface area contributed by atoms with Crippen molar-refractivity contribution in [2.75, 3.05) is 20.6 Å². The molecule has 2 rings (SSSR count). The first-order valence-corrected chi connectivity index (χ1v) is 8.44. The molecule has 0 aromatic heterocycles. The van der Waals surface area contributed by atoms with Gasteiger partial charge in [0, 0.05) is 32.7 Å². The molecule has 2 aromatic rings. The van der Waals surface area contributed by atoms with Gasteiger partial charge in [-0.25, -0.2) is 0 Å². The van der Waals surface area contributed by atoms with Crippen molar-refractivity contribution in [1.29, 1.82) is 0 Å². The highest BCUT2D eigenvalue weighted by molar-refractivity contribution is 5.93. The van der Waals surface area contributed by atoms with Gasteiger partial charge in [0.15, 0.2) is 5.96 Å². The van der Waals surface area contributed by atoms with Crippen molar-refractivity contribution in [1.82, 2.24) is 16.0 Å². The Bertz CT molecular complexity index is 695. The van der Waals surface area contributed by atoms with Crippen LogP contribution in [0.1, 0.15) is 34.3 Å². The Balaban J connectivity index is 1.83. The SMILES string of the molecule is CN=C(NCc1ccc(C(=O)NC)cc1)NCC(C)c1ccccc1. The van der Waals surface area contributed by atoms with Crippen molar-refractivity contribution < 1.29 is 4.79 Å². The summed E-state index contributed by atoms with van der Waals surface area (Å²) in [7, 11) is 3.39. The number of nitrogens with one attached hydrogen (secondary N) is 3. The Hall–Kier alpha value is -2.82. The molecule has 0 saturated carbocycles. The number of benzene rings is 2. The minimum Gasteiger partial charge on any atom is -0.356 e. The number of carbonyl (C=O) groups excluding carboxylic acids is 1. The first-order chi connectivity index (χ1) is 12.1. The van der Waals surface area contributed by atoms with Crippen LogP contribution in [-0.4, -0.2) is 32.5 Å². The van der Waals surface area contributed by atoms with E-state index in [1.807, 2.05) is 30.3 Å². The summed E-state index contributed by atoms with van der Waals surface area (Å²) in [6, 6.07) is 17.9. The van der Waals surface area contributed by atoms with Crippen LogP contribution in [0.25, 0.3) is 0 Å². The lowest BCUT2D eigenvalue weighted by molar-refractivity contribution is 0.0963. The molecular formula is C20H26N4O. The van der Waals surface area contributed by atoms with E-state index in [1.165, 1.54) is 5.56 Å². The molecule has 5 heteroatoms. The molecule has 25 heavy (non-hydrogen) atoms. The second-order valence-corrected chi connectivity index (χ2v) is 5.89. The van der Waals surface area contributed by atoms with Crippen molar-refractivity contribution >= 4 is 11.9 Å². The monoisotopic (exact) mass is 338 g/mol. The number of rotatable bonds is 6. The van der Waals surface area contributed by atoms with Gasteiger partial charge in [-0.05, 0) is 29.2 Å². The predicted molar refractivity (Wildman–Crippen MR) is 103 cm³/mol. The number of guanidine groups is 1. The molecular weight excluding hydrogens is 312 g/mol. The number of hydrogen-bond donors (Lipinski definition) is 3. The average molecular weight is 338 g/mol. The zero-order chi connectivity index (χ0) is 18.1. The van der Waals surface area contributed by atoms with Crippen LogP contribution in [0.15, 0.2) is 59.6 Å². The average Bonchev–Trinajstić information content (AvgIpc) is 2.68. The summed E-state index contributed by atoms with van der Waals surface area (Å²) in [5.41, 5.74) is 3.05. The fraction of sp³-hybridized carbons (Fsp3) is 0.300. The van der Waals surface area contributed by atoms with Gasteiger partial charge in [0.2, 0.25) is 0 Å². The maximum atomic E-state index is 11.5. The van der Waals surface area contributed by atoms with Crippen molar-refractivity contribution in [3.63, 3.8) is 0 Å². The highest BCUT2D eigenvalue weighted by Gasteiger charge is 2.06. The lowest BCUT2D eigenvalue weighted by atomic mass is 10.0. The van der Waals surface area contributed by atoms with Gasteiger partial charge >= 0.3 is 0 Å². The molecule has 1 unspecified atom stereocenters. The predicted octanol–water partition coefficient (Wildman–Crippen LogP) is 2.51. The summed E-state index contributed by atoms with van der Waals surface area (Å²) in [5.74, 6) is 1.08. The maximum absolute atomic E-state index is 11.5. The third-order valence-electron chi connectivity index (χ3n) is 4.07. The van der Waals surface area contributed by atoms with Gasteiger partial charge in [-0.1, -0.05) is 49.4 Å². The Kier molecular flexibility index (Phi) is 7.01. The molecule has 1 amide bonds. The van der Waals surface area contributed by atoms with E-state index in [9.17, 15) is 4.79 Å². The van der Waals surface area contributed by atoms with E-state index >= 15 is 0 Å². The van der Waals surface area contributed by atoms with Crippen LogP contribution in [0.2, 0.25) is 0 Å². The number of nitrogens with zero attached hydrogens (tertiary/aromatic N) is 1. The normalized spacial score (nSPS) is 12.4. The topological polar surface area (TPSA) is 65.5 Å². The third kappa shape index (κ3) is 5.64. The minimum absolute atomic E-state index is 0.0770. The third-order valence-corrected chi connectivity index (χ3v) is 4.07. The van der Waals surface area contributed by atoms with Gasteiger partial charge in [-0.2, -0.15) is 0 Å². The largest absolute Gasteiger partial charge is 0.356 e. The van der Waals surface area contributed by atoms with Crippen LogP contribution in [0.4, 0.5) is 0 Å². The lowest BCUT2D eigenvalue weighted by Gasteiger charge is -2.16. The van der Waals surface area contributed by atoms with Gasteiger partial charge in [-0.3, -0.25) is 9.79 Å². The molecule has 0 bridgehead atoms. The number of hydrogen-bond acceptors (Lipinski definition) is 2. The Morgan fingerprint density at radius 3 is 2.32 bits per heavy atom. The Labute approximate surface area is 149 Å². The van der Waals surface area contributed by atoms with Gasteiger partial charge in [0.05, 0.1) is 0 Å². The number of carbonyl (C=O) groups is 1. The van der Waals surface area contributed by atoms with Crippen LogP contribution >= 0.6 is 0 Å². The summed E-state index contributed by atoms with van der Waals surface area (Å²) in [5, 5.41) is 9.26. The summed E-state index contributed by atoms with van der Waals surface area (Å²) < 4.78 is 0. The van der Waals surface area contributed by atoms with E-state index in [4.69, 9.17) is 0 Å². The van der Waals surface area contributed by atoms with E-state index < -0.39 is 0 Å². The molecule has 0 aliphatic carbocycles. The van der Waals surface area contributed by atoms with Crippen molar-refractivity contribution in [2.45, 2.75) is 19.4 Å². The van der Waals surface area contributed by atoms with Crippen molar-refractivity contribution in [2.24, 2.45) is 4.99 Å². The van der Waals surface area contributed by atoms with Crippen LogP contribution in [0, 0.1) is 0 Å². The van der Waals surface area contributed by atoms with Gasteiger partial charge < -0.3 is 16.0 Å². The molecule has 1 atom stereocenters. The highest BCUT2D eigenvalue weighted by atomic mass is 16.1. The van der Waals surface area contributed by atoms with E-state index in [1.54, 1.807) is 14.1 Å². The summed E-state index contributed by atoms with van der Waals surface area (Å²) in [6.45, 7) is 3.64. The summed E-state index contributed by atoms with van der Waals surface area (Å²) in [6.07, 6.45) is 0. The van der Waals surface area contributed by atoms with Crippen molar-refractivity contribution in [3.05, 3.63) is 71.3 Å². The zero-order valence-corrected chi connectivity index (χ0v) is 15.0. The molecule has 0 fully saturated rings. The fourth-order valence-corrected chi connectivity index (χ4v) is 2.47. The van der Waals surface area contributed by atoms with E-state index in [0.717, 1.165) is 18.1 Å². The van der Waals surface area contributed by atoms with Gasteiger partial charge in [-0.15, -0.1) is 0 Å². The molecule has 3 N–H and O–H groups in total. The van der Waals surface area contributed by atoms with Crippen LogP contribution in [0.3, 0.4) is 0 Å². The molecule has 0 aliphatic rings. The fourth-order valence-electron chi connectivity index (χ4n) is 2.47. The molecule has 0 spiro atoms. The standard InChI is InChI=1S/C20H26N4O/c1-15(17-7-5-4-6-8-17)13-23-20(22-3)24-14-16-9-11-18(12-10-16)19(25)21-2/h4-12,15H,13-14H2,1-3H3,(H,21,25)(H2,22,23,24). The quantitative estimate of drug-likeness (QED) is 0.560. The molecule has 0 aliphatic heterocycles. The molecule has 132 valence electrons. The Morgan fingerprint density at radius 1 is 1.04 bits per heavy atom. The first-order valence-electron chi connectivity index (χ1n) is 8.44. The minimum atomic E-state index is -0.0770. The maximum Gasteiger partial charge on any atom is 0.251 e. The molecule has 2 aromatic carbocycles. The second-order valence-electron chi connectivity index (χ2n) is 5.89. The smallest absolute Gasteiger partial charge is 0.251 e. The highest BCUT2D eigenvalue weighted by Crippen LogP contribution is 2.12. The Morgan fingerprint density at radius 2 is 1.72 bits per heavy atom.